The highest BCUT2D eigenvalue weighted by molar-refractivity contribution is 5.61. The number of methoxy groups -OCH3 is 1. The Bertz CT molecular complexity index is 492. The number of phenolic OH excluding ortho intramolecular Hbond substituents is 1. The highest BCUT2D eigenvalue weighted by Gasteiger charge is 2.42. The van der Waals surface area contributed by atoms with Gasteiger partial charge in [-0.15, -0.1) is 0 Å². The van der Waals surface area contributed by atoms with Crippen LogP contribution in [-0.2, 0) is 4.74 Å². The summed E-state index contributed by atoms with van der Waals surface area (Å²) in [5.74, 6) is 1.19. The molecule has 2 fully saturated rings. The summed E-state index contributed by atoms with van der Waals surface area (Å²) in [6.45, 7) is 0. The summed E-state index contributed by atoms with van der Waals surface area (Å²) in [5.41, 5.74) is 2.22. The number of fused-ring (bicyclic) bond motifs is 2. The van der Waals surface area contributed by atoms with Gasteiger partial charge in [0.25, 0.3) is 0 Å². The Morgan fingerprint density at radius 1 is 1.30 bits per heavy atom. The Hall–Kier alpha value is -1.28. The number of para-hydroxylation sites is 1. The lowest BCUT2D eigenvalue weighted by Crippen LogP contribution is -2.42. The van der Waals surface area contributed by atoms with Crippen LogP contribution in [0.25, 0.3) is 6.08 Å². The molecule has 2 aliphatic carbocycles. The van der Waals surface area contributed by atoms with Crippen LogP contribution < -0.4 is 0 Å². The van der Waals surface area contributed by atoms with E-state index < -0.39 is 0 Å². The van der Waals surface area contributed by atoms with Crippen molar-refractivity contribution in [2.75, 3.05) is 7.11 Å². The summed E-state index contributed by atoms with van der Waals surface area (Å²) in [6.07, 6.45) is 9.42. The molecule has 0 saturated heterocycles. The fraction of sp³-hybridized carbons (Fsp3) is 0.500. The van der Waals surface area contributed by atoms with E-state index in [2.05, 4.69) is 6.08 Å². The highest BCUT2D eigenvalue weighted by atomic mass is 16.5. The lowest BCUT2D eigenvalue weighted by atomic mass is 9.66. The summed E-state index contributed by atoms with van der Waals surface area (Å²) in [4.78, 5) is 0. The fourth-order valence-electron chi connectivity index (χ4n) is 3.79. The van der Waals surface area contributed by atoms with Gasteiger partial charge in [0.1, 0.15) is 5.75 Å². The van der Waals surface area contributed by atoms with Crippen molar-refractivity contribution < 1.29 is 9.84 Å². The van der Waals surface area contributed by atoms with Crippen molar-refractivity contribution in [3.05, 3.63) is 42.8 Å². The van der Waals surface area contributed by atoms with E-state index in [1.54, 1.807) is 6.07 Å². The minimum atomic E-state index is -0.0660. The number of ether oxygens (including phenoxy) is 1. The maximum atomic E-state index is 9.94. The SMILES string of the molecule is COC12CCCC(CCC1=Cc1ccccc1O)C2.[CH2]. The maximum absolute atomic E-state index is 9.94. The van der Waals surface area contributed by atoms with Crippen LogP contribution >= 0.6 is 0 Å². The number of hydrogen-bond donors (Lipinski definition) is 1. The molecule has 2 nitrogen and oxygen atoms in total. The molecule has 20 heavy (non-hydrogen) atoms. The molecule has 2 aliphatic rings. The van der Waals surface area contributed by atoms with Gasteiger partial charge in [0.15, 0.2) is 0 Å². The van der Waals surface area contributed by atoms with Gasteiger partial charge in [-0.2, -0.15) is 0 Å². The Morgan fingerprint density at radius 3 is 2.85 bits per heavy atom. The van der Waals surface area contributed by atoms with Gasteiger partial charge in [-0.3, -0.25) is 0 Å². The molecule has 0 amide bonds. The second-order valence-electron chi connectivity index (χ2n) is 5.93. The first-order valence-electron chi connectivity index (χ1n) is 7.28. The molecule has 0 spiro atoms. The molecule has 2 bridgehead atoms. The average molecular weight is 272 g/mol. The zero-order chi connectivity index (χ0) is 13.3. The third-order valence-electron chi connectivity index (χ3n) is 4.88. The van der Waals surface area contributed by atoms with Crippen molar-refractivity contribution in [3.8, 4) is 5.75 Å². The fourth-order valence-corrected chi connectivity index (χ4v) is 3.79. The van der Waals surface area contributed by atoms with Crippen LogP contribution in [0.4, 0.5) is 0 Å². The molecule has 2 heteroatoms. The summed E-state index contributed by atoms with van der Waals surface area (Å²) < 4.78 is 5.92. The molecule has 0 aromatic heterocycles. The van der Waals surface area contributed by atoms with E-state index in [1.807, 2.05) is 25.3 Å². The van der Waals surface area contributed by atoms with Crippen molar-refractivity contribution in [3.63, 3.8) is 0 Å². The van der Waals surface area contributed by atoms with Gasteiger partial charge in [0.2, 0.25) is 0 Å². The largest absolute Gasteiger partial charge is 0.507 e. The van der Waals surface area contributed by atoms with E-state index in [-0.39, 0.29) is 13.0 Å². The Labute approximate surface area is 122 Å². The molecule has 2 saturated carbocycles. The maximum Gasteiger partial charge on any atom is 0.122 e. The molecule has 3 rings (SSSR count). The summed E-state index contributed by atoms with van der Waals surface area (Å²) in [5, 5.41) is 9.94. The highest BCUT2D eigenvalue weighted by Crippen LogP contribution is 2.48. The minimum Gasteiger partial charge on any atom is -0.507 e. The van der Waals surface area contributed by atoms with Crippen molar-refractivity contribution in [2.45, 2.75) is 44.1 Å². The van der Waals surface area contributed by atoms with Crippen LogP contribution in [0.3, 0.4) is 0 Å². The van der Waals surface area contributed by atoms with Crippen LogP contribution in [0.2, 0.25) is 0 Å². The summed E-state index contributed by atoms with van der Waals surface area (Å²) in [6, 6.07) is 7.55. The lowest BCUT2D eigenvalue weighted by Gasteiger charge is -2.46. The van der Waals surface area contributed by atoms with Gasteiger partial charge >= 0.3 is 0 Å². The Kier molecular flexibility index (Phi) is 4.54. The number of benzene rings is 1. The Morgan fingerprint density at radius 2 is 2.10 bits per heavy atom. The molecular formula is C18H24O2. The third kappa shape index (κ3) is 2.62. The van der Waals surface area contributed by atoms with E-state index >= 15 is 0 Å². The van der Waals surface area contributed by atoms with Gasteiger partial charge < -0.3 is 9.84 Å². The molecular weight excluding hydrogens is 248 g/mol. The van der Waals surface area contributed by atoms with Crippen LogP contribution in [0, 0.1) is 13.3 Å². The summed E-state index contributed by atoms with van der Waals surface area (Å²) in [7, 11) is 1.84. The van der Waals surface area contributed by atoms with Crippen molar-refractivity contribution >= 4 is 6.08 Å². The van der Waals surface area contributed by atoms with Gasteiger partial charge in [0.05, 0.1) is 5.60 Å². The molecule has 1 aromatic rings. The molecule has 108 valence electrons. The van der Waals surface area contributed by atoms with Crippen molar-refractivity contribution in [1.29, 1.82) is 0 Å². The van der Waals surface area contributed by atoms with E-state index in [0.29, 0.717) is 5.75 Å². The smallest absolute Gasteiger partial charge is 0.122 e. The monoisotopic (exact) mass is 272 g/mol. The number of phenols is 1. The Balaban J connectivity index is 0.00000147. The first-order valence-corrected chi connectivity index (χ1v) is 7.28. The lowest BCUT2D eigenvalue weighted by molar-refractivity contribution is -0.0405. The standard InChI is InChI=1S/C17H22O2.CH2/c1-19-17-10-4-5-13(12-17)8-9-15(17)11-14-6-2-3-7-16(14)18;/h2-3,6-7,11,13,18H,4-5,8-10,12H2,1H3;1H2. The molecule has 1 aromatic carbocycles. The second kappa shape index (κ2) is 6.01. The summed E-state index contributed by atoms with van der Waals surface area (Å²) >= 11 is 0. The second-order valence-corrected chi connectivity index (χ2v) is 5.93. The predicted molar refractivity (Wildman–Crippen MR) is 82.4 cm³/mol. The van der Waals surface area contributed by atoms with Crippen LogP contribution in [0.1, 0.15) is 44.1 Å². The van der Waals surface area contributed by atoms with E-state index in [9.17, 15) is 5.11 Å². The zero-order valence-corrected chi connectivity index (χ0v) is 12.3. The minimum absolute atomic E-state index is 0. The molecule has 0 aliphatic heterocycles. The average Bonchev–Trinajstić information content (AvgIpc) is 2.44. The first kappa shape index (κ1) is 15.1. The predicted octanol–water partition coefficient (Wildman–Crippen LogP) is 4.47. The van der Waals surface area contributed by atoms with Gasteiger partial charge in [-0.1, -0.05) is 32.0 Å². The zero-order valence-electron chi connectivity index (χ0n) is 12.3. The van der Waals surface area contributed by atoms with Crippen molar-refractivity contribution in [1.82, 2.24) is 0 Å². The first-order chi connectivity index (χ1) is 9.23. The number of rotatable bonds is 2. The normalized spacial score (nSPS) is 30.9. The van der Waals surface area contributed by atoms with E-state index in [4.69, 9.17) is 4.74 Å². The molecule has 0 heterocycles. The topological polar surface area (TPSA) is 29.5 Å². The van der Waals surface area contributed by atoms with E-state index in [1.165, 1.54) is 24.8 Å². The van der Waals surface area contributed by atoms with Gasteiger partial charge in [-0.05, 0) is 55.7 Å². The van der Waals surface area contributed by atoms with Gasteiger partial charge in [-0.25, -0.2) is 0 Å². The molecule has 1 N–H and O–H groups in total. The molecule has 2 unspecified atom stereocenters. The van der Waals surface area contributed by atoms with E-state index in [0.717, 1.165) is 30.7 Å². The van der Waals surface area contributed by atoms with Crippen LogP contribution in [0.5, 0.6) is 5.75 Å². The third-order valence-corrected chi connectivity index (χ3v) is 4.88. The molecule has 2 atom stereocenters. The number of aromatic hydroxyl groups is 1. The quantitative estimate of drug-likeness (QED) is 0.860. The van der Waals surface area contributed by atoms with Crippen LogP contribution in [0.15, 0.2) is 29.8 Å². The van der Waals surface area contributed by atoms with Crippen LogP contribution in [-0.4, -0.2) is 17.8 Å². The van der Waals surface area contributed by atoms with Crippen molar-refractivity contribution in [2.24, 2.45) is 5.92 Å². The number of hydrogen-bond acceptors (Lipinski definition) is 2. The van der Waals surface area contributed by atoms with Gasteiger partial charge in [0, 0.05) is 12.7 Å². The molecule has 2 radical (unpaired) electrons.